The molecule has 1 aliphatic heterocycles. The third-order valence-electron chi connectivity index (χ3n) is 8.89. The van der Waals surface area contributed by atoms with Crippen LogP contribution in [0.1, 0.15) is 22.7 Å². The first-order chi connectivity index (χ1) is 19.9. The molecule has 7 aromatic rings. The van der Waals surface area contributed by atoms with Crippen LogP contribution in [0, 0.1) is 0 Å². The summed E-state index contributed by atoms with van der Waals surface area (Å²) >= 11 is 0. The predicted octanol–water partition coefficient (Wildman–Crippen LogP) is 9.77. The van der Waals surface area contributed by atoms with Gasteiger partial charge in [-0.2, -0.15) is 0 Å². The fraction of sp³-hybridized carbons (Fsp3) is 0.0526. The van der Waals surface area contributed by atoms with Gasteiger partial charge in [-0.15, -0.1) is 0 Å². The fourth-order valence-electron chi connectivity index (χ4n) is 7.19. The van der Waals surface area contributed by atoms with Crippen molar-refractivity contribution in [1.82, 2.24) is 4.57 Å². The van der Waals surface area contributed by atoms with E-state index >= 15 is 0 Å². The quantitative estimate of drug-likeness (QED) is 0.225. The van der Waals surface area contributed by atoms with Crippen LogP contribution in [0.4, 0.5) is 11.4 Å². The summed E-state index contributed by atoms with van der Waals surface area (Å²) in [6, 6.07) is 48.7. The monoisotopic (exact) mass is 510 g/mol. The second kappa shape index (κ2) is 8.21. The number of nitrogens with zero attached hydrogens (tertiary/aromatic N) is 2. The van der Waals surface area contributed by atoms with E-state index in [0.29, 0.717) is 5.92 Å². The number of rotatable bonds is 2. The molecule has 0 saturated heterocycles. The normalized spacial score (nSPS) is 15.8. The summed E-state index contributed by atoms with van der Waals surface area (Å²) in [4.78, 5) is 2.52. The average Bonchev–Trinajstić information content (AvgIpc) is 3.51. The highest BCUT2D eigenvalue weighted by atomic mass is 15.2. The molecule has 2 heteroatoms. The Morgan fingerprint density at radius 3 is 1.88 bits per heavy atom. The van der Waals surface area contributed by atoms with Gasteiger partial charge in [0.05, 0.1) is 16.9 Å². The fourth-order valence-corrected chi connectivity index (χ4v) is 7.19. The Balaban J connectivity index is 1.34. The van der Waals surface area contributed by atoms with Gasteiger partial charge >= 0.3 is 0 Å². The van der Waals surface area contributed by atoms with E-state index in [1.54, 1.807) is 0 Å². The number of para-hydroxylation sites is 2. The maximum atomic E-state index is 2.53. The molecule has 9 rings (SSSR count). The highest BCUT2D eigenvalue weighted by Gasteiger charge is 2.39. The Hall–Kier alpha value is -5.08. The molecule has 0 radical (unpaired) electrons. The summed E-state index contributed by atoms with van der Waals surface area (Å²) in [6.45, 7) is 0. The summed E-state index contributed by atoms with van der Waals surface area (Å²) in [5, 5.41) is 6.42. The lowest BCUT2D eigenvalue weighted by atomic mass is 9.87. The molecule has 1 aromatic heterocycles. The van der Waals surface area contributed by atoms with Crippen molar-refractivity contribution in [2.75, 3.05) is 4.90 Å². The minimum Gasteiger partial charge on any atom is -0.313 e. The van der Waals surface area contributed by atoms with E-state index in [0.717, 1.165) is 6.42 Å². The van der Waals surface area contributed by atoms with Gasteiger partial charge < -0.3 is 9.47 Å². The number of hydrogen-bond acceptors (Lipinski definition) is 1. The van der Waals surface area contributed by atoms with Gasteiger partial charge in [-0.1, -0.05) is 109 Å². The molecule has 1 unspecified atom stereocenters. The van der Waals surface area contributed by atoms with Crippen LogP contribution in [-0.2, 0) is 6.42 Å². The Bertz CT molecular complexity index is 2150. The second-order valence-electron chi connectivity index (χ2n) is 10.9. The molecule has 1 aliphatic carbocycles. The van der Waals surface area contributed by atoms with Crippen molar-refractivity contribution in [3.05, 3.63) is 156 Å². The molecule has 6 aromatic carbocycles. The lowest BCUT2D eigenvalue weighted by Crippen LogP contribution is -2.19. The molecule has 2 nitrogen and oxygen atoms in total. The van der Waals surface area contributed by atoms with E-state index in [-0.39, 0.29) is 0 Å². The summed E-state index contributed by atoms with van der Waals surface area (Å²) in [6.07, 6.45) is 3.44. The first-order valence-corrected chi connectivity index (χ1v) is 14.1. The smallest absolute Gasteiger partial charge is 0.0537 e. The van der Waals surface area contributed by atoms with Crippen LogP contribution in [0.2, 0.25) is 0 Å². The Morgan fingerprint density at radius 1 is 0.500 bits per heavy atom. The molecule has 0 saturated carbocycles. The van der Waals surface area contributed by atoms with E-state index < -0.39 is 0 Å². The SMILES string of the molecule is C1=C2C(Cc3c1c1ccccc1n3-c1cccc3ccccc13)c1ccccc1N2c1cccc2ccccc12. The van der Waals surface area contributed by atoms with Gasteiger partial charge in [0.1, 0.15) is 0 Å². The molecule has 0 amide bonds. The van der Waals surface area contributed by atoms with Crippen LogP contribution in [0.3, 0.4) is 0 Å². The van der Waals surface area contributed by atoms with Gasteiger partial charge in [0.15, 0.2) is 0 Å². The zero-order chi connectivity index (χ0) is 26.2. The van der Waals surface area contributed by atoms with Crippen LogP contribution in [-0.4, -0.2) is 4.57 Å². The van der Waals surface area contributed by atoms with Gasteiger partial charge in [-0.05, 0) is 46.7 Å². The van der Waals surface area contributed by atoms with Crippen LogP contribution >= 0.6 is 0 Å². The predicted molar refractivity (Wildman–Crippen MR) is 168 cm³/mol. The van der Waals surface area contributed by atoms with Crippen molar-refractivity contribution in [2.24, 2.45) is 0 Å². The zero-order valence-electron chi connectivity index (χ0n) is 22.0. The van der Waals surface area contributed by atoms with Crippen LogP contribution in [0.15, 0.2) is 139 Å². The molecule has 0 fully saturated rings. The van der Waals surface area contributed by atoms with Crippen molar-refractivity contribution < 1.29 is 0 Å². The third-order valence-corrected chi connectivity index (χ3v) is 8.89. The molecule has 40 heavy (non-hydrogen) atoms. The maximum absolute atomic E-state index is 2.53. The number of anilines is 2. The first kappa shape index (κ1) is 21.8. The van der Waals surface area contributed by atoms with Crippen molar-refractivity contribution in [3.63, 3.8) is 0 Å². The Morgan fingerprint density at radius 2 is 1.07 bits per heavy atom. The lowest BCUT2D eigenvalue weighted by molar-refractivity contribution is 0.762. The summed E-state index contributed by atoms with van der Waals surface area (Å²) in [5.41, 5.74) is 10.6. The number of aromatic nitrogens is 1. The highest BCUT2D eigenvalue weighted by molar-refractivity contribution is 6.02. The average molecular weight is 511 g/mol. The standard InChI is InChI=1S/C38H26N2/c1-3-15-27-25(11-1)13-9-21-33(27)39-35-19-7-5-17-29(35)31-24-38-32(23-37(31)39)30-18-6-8-20-36(30)40(38)34-22-10-14-26-12-2-4-16-28(26)34/h1-23,31H,24H2. The number of benzene rings is 6. The zero-order valence-corrected chi connectivity index (χ0v) is 22.0. The number of fused-ring (bicyclic) bond motifs is 8. The molecule has 0 bridgehead atoms. The van der Waals surface area contributed by atoms with E-state index in [2.05, 4.69) is 149 Å². The van der Waals surface area contributed by atoms with Crippen LogP contribution < -0.4 is 4.90 Å². The minimum atomic E-state index is 0.292. The van der Waals surface area contributed by atoms with Gasteiger partial charge in [-0.25, -0.2) is 0 Å². The minimum absolute atomic E-state index is 0.292. The van der Waals surface area contributed by atoms with Gasteiger partial charge in [0.25, 0.3) is 0 Å². The summed E-state index contributed by atoms with van der Waals surface area (Å²) in [7, 11) is 0. The third kappa shape index (κ3) is 2.93. The second-order valence-corrected chi connectivity index (χ2v) is 10.9. The summed E-state index contributed by atoms with van der Waals surface area (Å²) in [5.74, 6) is 0.292. The van der Waals surface area contributed by atoms with Crippen molar-refractivity contribution >= 4 is 49.9 Å². The maximum Gasteiger partial charge on any atom is 0.0537 e. The largest absolute Gasteiger partial charge is 0.313 e. The van der Waals surface area contributed by atoms with Gasteiger partial charge in [-0.3, -0.25) is 0 Å². The van der Waals surface area contributed by atoms with Crippen molar-refractivity contribution in [3.8, 4) is 5.69 Å². The first-order valence-electron chi connectivity index (χ1n) is 14.1. The van der Waals surface area contributed by atoms with E-state index in [1.807, 2.05) is 0 Å². The van der Waals surface area contributed by atoms with E-state index in [1.165, 1.54) is 72.0 Å². The molecule has 1 atom stereocenters. The summed E-state index contributed by atoms with van der Waals surface area (Å²) < 4.78 is 2.53. The van der Waals surface area contributed by atoms with E-state index in [4.69, 9.17) is 0 Å². The molecular weight excluding hydrogens is 484 g/mol. The Kier molecular flexibility index (Phi) is 4.48. The van der Waals surface area contributed by atoms with Crippen LogP contribution in [0.25, 0.3) is 44.2 Å². The van der Waals surface area contributed by atoms with Gasteiger partial charge in [0.2, 0.25) is 0 Å². The number of hydrogen-bond donors (Lipinski definition) is 0. The van der Waals surface area contributed by atoms with Crippen LogP contribution in [0.5, 0.6) is 0 Å². The lowest BCUT2D eigenvalue weighted by Gasteiger charge is -2.28. The molecular formula is C38H26N2. The van der Waals surface area contributed by atoms with E-state index in [9.17, 15) is 0 Å². The molecule has 2 heterocycles. The highest BCUT2D eigenvalue weighted by Crippen LogP contribution is 2.54. The van der Waals surface area contributed by atoms with Gasteiger partial charge in [0, 0.05) is 51.1 Å². The topological polar surface area (TPSA) is 8.17 Å². The number of allylic oxidation sites excluding steroid dienone is 1. The molecule has 0 spiro atoms. The van der Waals surface area contributed by atoms with Crippen molar-refractivity contribution in [1.29, 1.82) is 0 Å². The molecule has 188 valence electrons. The van der Waals surface area contributed by atoms with Crippen molar-refractivity contribution in [2.45, 2.75) is 12.3 Å². The Labute approximate surface area is 233 Å². The molecule has 0 N–H and O–H groups in total. The molecule has 2 aliphatic rings.